The minimum absolute atomic E-state index is 0.330. The first-order valence-electron chi connectivity index (χ1n) is 4.96. The van der Waals surface area contributed by atoms with Crippen molar-refractivity contribution in [2.24, 2.45) is 5.73 Å². The Bertz CT molecular complexity index is 534. The lowest BCUT2D eigenvalue weighted by molar-refractivity contribution is 0.474. The van der Waals surface area contributed by atoms with Crippen molar-refractivity contribution < 1.29 is 4.74 Å². The van der Waals surface area contributed by atoms with E-state index in [1.54, 1.807) is 18.5 Å². The Balaban J connectivity index is 2.33. The molecular weight excluding hydrogens is 304 g/mol. The highest BCUT2D eigenvalue weighted by molar-refractivity contribution is 9.10. The van der Waals surface area contributed by atoms with Gasteiger partial charge in [-0.2, -0.15) is 0 Å². The fourth-order valence-corrected chi connectivity index (χ4v) is 1.99. The number of pyridine rings is 1. The monoisotopic (exact) mass is 312 g/mol. The molecule has 0 atom stereocenters. The molecule has 1 heterocycles. The van der Waals surface area contributed by atoms with E-state index < -0.39 is 0 Å². The number of hydrogen-bond acceptors (Lipinski definition) is 3. The Morgan fingerprint density at radius 1 is 1.35 bits per heavy atom. The molecule has 0 aliphatic rings. The summed E-state index contributed by atoms with van der Waals surface area (Å²) in [4.78, 5) is 4.02. The second kappa shape index (κ2) is 5.49. The van der Waals surface area contributed by atoms with Crippen molar-refractivity contribution in [1.29, 1.82) is 0 Å². The molecule has 0 bridgehead atoms. The van der Waals surface area contributed by atoms with Crippen LogP contribution in [0.5, 0.6) is 11.5 Å². The van der Waals surface area contributed by atoms with Crippen molar-refractivity contribution in [2.75, 3.05) is 0 Å². The first-order valence-corrected chi connectivity index (χ1v) is 6.13. The van der Waals surface area contributed by atoms with E-state index in [-0.39, 0.29) is 0 Å². The van der Waals surface area contributed by atoms with Crippen molar-refractivity contribution in [1.82, 2.24) is 4.98 Å². The van der Waals surface area contributed by atoms with Gasteiger partial charge in [0, 0.05) is 27.8 Å². The molecule has 3 nitrogen and oxygen atoms in total. The number of aromatic nitrogens is 1. The van der Waals surface area contributed by atoms with Gasteiger partial charge in [0.15, 0.2) is 0 Å². The lowest BCUT2D eigenvalue weighted by Gasteiger charge is -2.11. The molecule has 0 spiro atoms. The molecule has 0 saturated heterocycles. The molecule has 0 unspecified atom stereocenters. The average molecular weight is 314 g/mol. The molecule has 17 heavy (non-hydrogen) atoms. The van der Waals surface area contributed by atoms with E-state index in [4.69, 9.17) is 22.1 Å². The summed E-state index contributed by atoms with van der Waals surface area (Å²) < 4.78 is 6.56. The van der Waals surface area contributed by atoms with Crippen LogP contribution in [0.1, 0.15) is 5.56 Å². The zero-order valence-electron chi connectivity index (χ0n) is 8.86. The van der Waals surface area contributed by atoms with Crippen LogP contribution in [0, 0.1) is 0 Å². The molecule has 2 aromatic rings. The van der Waals surface area contributed by atoms with Gasteiger partial charge in [-0.1, -0.05) is 17.7 Å². The second-order valence-electron chi connectivity index (χ2n) is 3.36. The van der Waals surface area contributed by atoms with Gasteiger partial charge >= 0.3 is 0 Å². The fraction of sp³-hybridized carbons (Fsp3) is 0.0833. The summed E-state index contributed by atoms with van der Waals surface area (Å²) in [6.07, 6.45) is 3.32. The Hall–Kier alpha value is -1.10. The van der Waals surface area contributed by atoms with Crippen molar-refractivity contribution in [3.63, 3.8) is 0 Å². The van der Waals surface area contributed by atoms with Gasteiger partial charge in [-0.15, -0.1) is 0 Å². The molecule has 0 amide bonds. The lowest BCUT2D eigenvalue weighted by Crippen LogP contribution is -2.00. The van der Waals surface area contributed by atoms with E-state index in [0.717, 1.165) is 10.0 Å². The number of halogens is 2. The van der Waals surface area contributed by atoms with E-state index in [1.165, 1.54) is 0 Å². The summed E-state index contributed by atoms with van der Waals surface area (Å²) in [5, 5.41) is 0.605. The molecule has 1 aromatic carbocycles. The maximum atomic E-state index is 6.04. The summed E-state index contributed by atoms with van der Waals surface area (Å²) >= 11 is 9.37. The minimum atomic E-state index is 0.330. The fourth-order valence-electron chi connectivity index (χ4n) is 1.41. The van der Waals surface area contributed by atoms with Crippen LogP contribution in [0.15, 0.2) is 41.1 Å². The van der Waals surface area contributed by atoms with Crippen LogP contribution in [0.25, 0.3) is 0 Å². The van der Waals surface area contributed by atoms with E-state index in [2.05, 4.69) is 20.9 Å². The van der Waals surface area contributed by atoms with Gasteiger partial charge in [0.25, 0.3) is 0 Å². The largest absolute Gasteiger partial charge is 0.455 e. The number of nitrogens with zero attached hydrogens (tertiary/aromatic N) is 1. The van der Waals surface area contributed by atoms with Crippen molar-refractivity contribution in [2.45, 2.75) is 6.54 Å². The summed E-state index contributed by atoms with van der Waals surface area (Å²) in [5.41, 5.74) is 6.43. The minimum Gasteiger partial charge on any atom is -0.455 e. The van der Waals surface area contributed by atoms with E-state index in [9.17, 15) is 0 Å². The molecule has 2 N–H and O–H groups in total. The van der Waals surface area contributed by atoms with Crippen LogP contribution in [-0.2, 0) is 6.54 Å². The summed E-state index contributed by atoms with van der Waals surface area (Å²) in [7, 11) is 0. The number of benzene rings is 1. The SMILES string of the molecule is NCc1c(Cl)cccc1Oc1cncc(Br)c1. The Morgan fingerprint density at radius 2 is 2.18 bits per heavy atom. The van der Waals surface area contributed by atoms with Crippen molar-refractivity contribution >= 4 is 27.5 Å². The van der Waals surface area contributed by atoms with Crippen LogP contribution in [0.3, 0.4) is 0 Å². The molecule has 2 rings (SSSR count). The molecule has 1 aromatic heterocycles. The average Bonchev–Trinajstić information content (AvgIpc) is 2.29. The van der Waals surface area contributed by atoms with Gasteiger partial charge < -0.3 is 10.5 Å². The Morgan fingerprint density at radius 3 is 2.88 bits per heavy atom. The highest BCUT2D eigenvalue weighted by Crippen LogP contribution is 2.30. The van der Waals surface area contributed by atoms with Crippen LogP contribution in [-0.4, -0.2) is 4.98 Å². The normalized spacial score (nSPS) is 10.3. The summed E-state index contributed by atoms with van der Waals surface area (Å²) in [6, 6.07) is 7.27. The van der Waals surface area contributed by atoms with Crippen molar-refractivity contribution in [3.05, 3.63) is 51.7 Å². The van der Waals surface area contributed by atoms with E-state index >= 15 is 0 Å². The molecule has 0 saturated carbocycles. The molecule has 0 fully saturated rings. The first kappa shape index (κ1) is 12.4. The highest BCUT2D eigenvalue weighted by Gasteiger charge is 2.07. The highest BCUT2D eigenvalue weighted by atomic mass is 79.9. The standard InChI is InChI=1S/C12H10BrClN2O/c13-8-4-9(7-16-6-8)17-12-3-1-2-11(14)10(12)5-15/h1-4,6-7H,5,15H2. The number of hydrogen-bond donors (Lipinski definition) is 1. The third kappa shape index (κ3) is 2.97. The molecule has 0 aliphatic carbocycles. The van der Waals surface area contributed by atoms with Gasteiger partial charge in [0.1, 0.15) is 11.5 Å². The smallest absolute Gasteiger partial charge is 0.146 e. The molecular formula is C12H10BrClN2O. The quantitative estimate of drug-likeness (QED) is 0.939. The maximum Gasteiger partial charge on any atom is 0.146 e. The van der Waals surface area contributed by atoms with Gasteiger partial charge in [-0.05, 0) is 34.1 Å². The van der Waals surface area contributed by atoms with Crippen LogP contribution in [0.2, 0.25) is 5.02 Å². The third-order valence-electron chi connectivity index (χ3n) is 2.19. The summed E-state index contributed by atoms with van der Waals surface area (Å²) in [6.45, 7) is 0.330. The second-order valence-corrected chi connectivity index (χ2v) is 4.68. The van der Waals surface area contributed by atoms with Crippen LogP contribution < -0.4 is 10.5 Å². The third-order valence-corrected chi connectivity index (χ3v) is 2.98. The van der Waals surface area contributed by atoms with E-state index in [1.807, 2.05) is 18.2 Å². The maximum absolute atomic E-state index is 6.04. The van der Waals surface area contributed by atoms with Crippen molar-refractivity contribution in [3.8, 4) is 11.5 Å². The van der Waals surface area contributed by atoms with Crippen LogP contribution >= 0.6 is 27.5 Å². The topological polar surface area (TPSA) is 48.1 Å². The van der Waals surface area contributed by atoms with Gasteiger partial charge in [0.2, 0.25) is 0 Å². The molecule has 0 aliphatic heterocycles. The Kier molecular flexibility index (Phi) is 3.99. The van der Waals surface area contributed by atoms with Gasteiger partial charge in [-0.25, -0.2) is 0 Å². The molecule has 0 radical (unpaired) electrons. The first-order chi connectivity index (χ1) is 8.20. The predicted octanol–water partition coefficient (Wildman–Crippen LogP) is 3.75. The van der Waals surface area contributed by atoms with Crippen LogP contribution in [0.4, 0.5) is 0 Å². The summed E-state index contributed by atoms with van der Waals surface area (Å²) in [5.74, 6) is 1.29. The predicted molar refractivity (Wildman–Crippen MR) is 71.4 cm³/mol. The lowest BCUT2D eigenvalue weighted by atomic mass is 10.2. The molecule has 5 heteroatoms. The number of ether oxygens (including phenoxy) is 1. The van der Waals surface area contributed by atoms with E-state index in [0.29, 0.717) is 23.1 Å². The zero-order valence-corrected chi connectivity index (χ0v) is 11.2. The number of nitrogens with two attached hydrogens (primary N) is 1. The van der Waals surface area contributed by atoms with Gasteiger partial charge in [-0.3, -0.25) is 4.98 Å². The zero-order chi connectivity index (χ0) is 12.3. The molecule has 88 valence electrons. The Labute approximate surface area is 113 Å². The number of rotatable bonds is 3. The van der Waals surface area contributed by atoms with Gasteiger partial charge in [0.05, 0.1) is 6.20 Å².